The molecule has 1 N–H and O–H groups in total. The molecule has 1 aliphatic carbocycles. The summed E-state index contributed by atoms with van der Waals surface area (Å²) in [5, 5.41) is 7.36. The molecule has 1 saturated carbocycles. The van der Waals surface area contributed by atoms with Crippen molar-refractivity contribution >= 4 is 16.0 Å². The molecular formula is C21H28N8O6S. The maximum absolute atomic E-state index is 13.5. The van der Waals surface area contributed by atoms with Gasteiger partial charge in [0, 0.05) is 13.0 Å². The summed E-state index contributed by atoms with van der Waals surface area (Å²) < 4.78 is 52.5. The fourth-order valence-corrected chi connectivity index (χ4v) is 4.95. The Labute approximate surface area is 208 Å². The molecule has 3 heterocycles. The van der Waals surface area contributed by atoms with Gasteiger partial charge in [0.25, 0.3) is 0 Å². The predicted molar refractivity (Wildman–Crippen MR) is 127 cm³/mol. The van der Waals surface area contributed by atoms with E-state index in [0.29, 0.717) is 17.3 Å². The van der Waals surface area contributed by atoms with Crippen LogP contribution in [0.1, 0.15) is 49.9 Å². The van der Waals surface area contributed by atoms with Crippen LogP contribution in [0.25, 0.3) is 5.69 Å². The number of sulfonamides is 1. The molecule has 36 heavy (non-hydrogen) atoms. The summed E-state index contributed by atoms with van der Waals surface area (Å²) in [5.74, 6) is 1.57. The highest BCUT2D eigenvalue weighted by atomic mass is 32.2. The lowest BCUT2D eigenvalue weighted by Gasteiger charge is -2.26. The zero-order chi connectivity index (χ0) is 25.9. The average Bonchev–Trinajstić information content (AvgIpc) is 3.24. The highest BCUT2D eigenvalue weighted by Crippen LogP contribution is 2.40. The molecule has 1 aliphatic rings. The molecule has 15 heteroatoms. The molecule has 2 atom stereocenters. The van der Waals surface area contributed by atoms with Crippen molar-refractivity contribution in [1.29, 1.82) is 0 Å². The number of rotatable bonds is 11. The van der Waals surface area contributed by atoms with E-state index in [2.05, 4.69) is 34.9 Å². The first-order valence-electron chi connectivity index (χ1n) is 11.1. The number of methoxy groups -OCH3 is 4. The number of anilines is 1. The highest BCUT2D eigenvalue weighted by Gasteiger charge is 2.36. The van der Waals surface area contributed by atoms with Gasteiger partial charge in [-0.3, -0.25) is 9.29 Å². The van der Waals surface area contributed by atoms with E-state index >= 15 is 0 Å². The summed E-state index contributed by atoms with van der Waals surface area (Å²) in [4.78, 5) is 16.7. The van der Waals surface area contributed by atoms with Crippen LogP contribution >= 0.6 is 0 Å². The molecule has 0 amide bonds. The van der Waals surface area contributed by atoms with Gasteiger partial charge in [0.2, 0.25) is 27.7 Å². The van der Waals surface area contributed by atoms with Crippen molar-refractivity contribution in [2.45, 2.75) is 43.5 Å². The Hall–Kier alpha value is -3.59. The van der Waals surface area contributed by atoms with Crippen molar-refractivity contribution in [1.82, 2.24) is 34.7 Å². The Bertz CT molecular complexity index is 1270. The van der Waals surface area contributed by atoms with E-state index in [1.807, 2.05) is 0 Å². The smallest absolute Gasteiger partial charge is 0.245 e. The number of ether oxygens (including phenoxy) is 4. The second-order valence-electron chi connectivity index (χ2n) is 8.08. The molecule has 4 rings (SSSR count). The Morgan fingerprint density at radius 1 is 0.972 bits per heavy atom. The van der Waals surface area contributed by atoms with Crippen molar-refractivity contribution in [3.63, 3.8) is 0 Å². The quantitative estimate of drug-likeness (QED) is 0.389. The van der Waals surface area contributed by atoms with Crippen LogP contribution in [0.4, 0.5) is 5.95 Å². The van der Waals surface area contributed by atoms with Crippen molar-refractivity contribution in [3.8, 4) is 23.2 Å². The van der Waals surface area contributed by atoms with Crippen molar-refractivity contribution < 1.29 is 27.4 Å². The molecule has 1 fully saturated rings. The molecular weight excluding hydrogens is 492 g/mol. The van der Waals surface area contributed by atoms with Gasteiger partial charge in [-0.1, -0.05) is 6.42 Å². The van der Waals surface area contributed by atoms with Crippen molar-refractivity contribution in [2.75, 3.05) is 33.2 Å². The average molecular weight is 521 g/mol. The van der Waals surface area contributed by atoms with E-state index in [4.69, 9.17) is 18.9 Å². The fraction of sp³-hybridized carbons (Fsp3) is 0.524. The summed E-state index contributed by atoms with van der Waals surface area (Å²) in [6.07, 6.45) is 6.01. The molecule has 2 unspecified atom stereocenters. The third-order valence-electron chi connectivity index (χ3n) is 6.07. The molecule has 0 bridgehead atoms. The number of nitrogens with zero attached hydrogens (tertiary/aromatic N) is 7. The number of aromatic nitrogens is 7. The van der Waals surface area contributed by atoms with Gasteiger partial charge in [-0.2, -0.15) is 9.97 Å². The number of hydrogen-bond donors (Lipinski definition) is 1. The van der Waals surface area contributed by atoms with Crippen LogP contribution < -0.4 is 18.9 Å². The maximum atomic E-state index is 13.5. The van der Waals surface area contributed by atoms with E-state index in [-0.39, 0.29) is 29.5 Å². The first kappa shape index (κ1) is 25.5. The zero-order valence-corrected chi connectivity index (χ0v) is 21.4. The fourth-order valence-electron chi connectivity index (χ4n) is 3.82. The van der Waals surface area contributed by atoms with E-state index in [9.17, 15) is 8.42 Å². The SMILES string of the molecule is COc1cnc(C(OC)C(C)S(=O)(=O)Nc2nnc(C3CCC3)n2-c2c(OC)ncnc2OC)nc1. The third kappa shape index (κ3) is 4.75. The van der Waals surface area contributed by atoms with Gasteiger partial charge >= 0.3 is 0 Å². The Morgan fingerprint density at radius 2 is 1.61 bits per heavy atom. The highest BCUT2D eigenvalue weighted by molar-refractivity contribution is 7.93. The van der Waals surface area contributed by atoms with E-state index < -0.39 is 21.4 Å². The van der Waals surface area contributed by atoms with Crippen molar-refractivity contribution in [3.05, 3.63) is 30.4 Å². The summed E-state index contributed by atoms with van der Waals surface area (Å²) in [7, 11) is 1.68. The largest absolute Gasteiger partial charge is 0.494 e. The number of nitrogens with one attached hydrogen (secondary N) is 1. The van der Waals surface area contributed by atoms with Crippen LogP contribution in [0.5, 0.6) is 17.5 Å². The lowest BCUT2D eigenvalue weighted by molar-refractivity contribution is 0.0948. The molecule has 3 aromatic rings. The summed E-state index contributed by atoms with van der Waals surface area (Å²) in [6.45, 7) is 1.49. The molecule has 0 aliphatic heterocycles. The summed E-state index contributed by atoms with van der Waals surface area (Å²) in [5.41, 5.74) is 0.293. The van der Waals surface area contributed by atoms with Crippen LogP contribution in [0.2, 0.25) is 0 Å². The third-order valence-corrected chi connectivity index (χ3v) is 7.76. The van der Waals surface area contributed by atoms with Gasteiger partial charge < -0.3 is 18.9 Å². The molecule has 0 aromatic carbocycles. The van der Waals surface area contributed by atoms with Crippen LogP contribution in [0.3, 0.4) is 0 Å². The minimum atomic E-state index is -4.09. The van der Waals surface area contributed by atoms with Crippen LogP contribution in [-0.4, -0.2) is 76.8 Å². The molecule has 0 saturated heterocycles. The second kappa shape index (κ2) is 10.6. The van der Waals surface area contributed by atoms with Gasteiger partial charge in [0.15, 0.2) is 17.3 Å². The van der Waals surface area contributed by atoms with E-state index in [0.717, 1.165) is 19.3 Å². The Balaban J connectivity index is 1.74. The summed E-state index contributed by atoms with van der Waals surface area (Å²) in [6, 6.07) is 0. The zero-order valence-electron chi connectivity index (χ0n) is 20.6. The Kier molecular flexibility index (Phi) is 7.49. The topological polar surface area (TPSA) is 165 Å². The molecule has 3 aromatic heterocycles. The normalized spacial score (nSPS) is 15.6. The second-order valence-corrected chi connectivity index (χ2v) is 10.1. The van der Waals surface area contributed by atoms with Gasteiger partial charge in [-0.25, -0.2) is 18.4 Å². The standard InChI is InChI=1S/C21H28N8O6S/c1-12(16(33-3)17-22-9-14(32-2)10-23-17)36(30,31)28-21-27-26-18(13-7-6-8-13)29(21)15-19(34-4)24-11-25-20(15)35-5/h9-13,16H,6-8H2,1-5H3,(H,27,28). The van der Waals surface area contributed by atoms with E-state index in [1.54, 1.807) is 0 Å². The number of hydrogen-bond acceptors (Lipinski definition) is 12. The monoisotopic (exact) mass is 520 g/mol. The van der Waals surface area contributed by atoms with Crippen LogP contribution in [-0.2, 0) is 14.8 Å². The lowest BCUT2D eigenvalue weighted by atomic mass is 9.85. The molecule has 14 nitrogen and oxygen atoms in total. The first-order valence-corrected chi connectivity index (χ1v) is 12.7. The van der Waals surface area contributed by atoms with Crippen LogP contribution in [0, 0.1) is 0 Å². The maximum Gasteiger partial charge on any atom is 0.245 e. The predicted octanol–water partition coefficient (Wildman–Crippen LogP) is 1.66. The van der Waals surface area contributed by atoms with Crippen LogP contribution in [0.15, 0.2) is 18.7 Å². The minimum absolute atomic E-state index is 0.0550. The minimum Gasteiger partial charge on any atom is -0.494 e. The Morgan fingerprint density at radius 3 is 2.11 bits per heavy atom. The lowest BCUT2D eigenvalue weighted by Crippen LogP contribution is -2.33. The molecule has 0 spiro atoms. The van der Waals surface area contributed by atoms with Gasteiger partial charge in [0.1, 0.15) is 23.5 Å². The first-order chi connectivity index (χ1) is 17.3. The molecule has 194 valence electrons. The summed E-state index contributed by atoms with van der Waals surface area (Å²) >= 11 is 0. The molecule has 0 radical (unpaired) electrons. The van der Waals surface area contributed by atoms with E-state index in [1.165, 1.54) is 58.7 Å². The van der Waals surface area contributed by atoms with Gasteiger partial charge in [-0.05, 0) is 19.8 Å². The van der Waals surface area contributed by atoms with Crippen molar-refractivity contribution in [2.24, 2.45) is 0 Å². The van der Waals surface area contributed by atoms with Gasteiger partial charge in [0.05, 0.1) is 33.7 Å². The van der Waals surface area contributed by atoms with Gasteiger partial charge in [-0.15, -0.1) is 10.2 Å².